The van der Waals surface area contributed by atoms with E-state index in [1.807, 2.05) is 29.6 Å². The van der Waals surface area contributed by atoms with Crippen molar-refractivity contribution in [3.05, 3.63) is 41.3 Å². The molecule has 90 valence electrons. The van der Waals surface area contributed by atoms with E-state index in [-0.39, 0.29) is 0 Å². The first kappa shape index (κ1) is 11.1. The van der Waals surface area contributed by atoms with Crippen LogP contribution in [0.15, 0.2) is 35.7 Å². The van der Waals surface area contributed by atoms with E-state index in [0.717, 1.165) is 15.8 Å². The van der Waals surface area contributed by atoms with Crippen molar-refractivity contribution in [2.75, 3.05) is 5.43 Å². The highest BCUT2D eigenvalue weighted by molar-refractivity contribution is 7.13. The van der Waals surface area contributed by atoms with Gasteiger partial charge in [0.25, 0.3) is 0 Å². The van der Waals surface area contributed by atoms with Crippen molar-refractivity contribution >= 4 is 28.1 Å². The van der Waals surface area contributed by atoms with Crippen molar-refractivity contribution in [3.63, 3.8) is 0 Å². The third kappa shape index (κ3) is 1.73. The molecule has 3 aromatic rings. The molecule has 0 radical (unpaired) electrons. The maximum Gasteiger partial charge on any atom is 0.172 e. The van der Waals surface area contributed by atoms with Gasteiger partial charge in [-0.05, 0) is 36.1 Å². The van der Waals surface area contributed by atoms with Gasteiger partial charge in [0.05, 0.1) is 10.4 Å². The van der Waals surface area contributed by atoms with Gasteiger partial charge in [-0.3, -0.25) is 0 Å². The molecule has 0 spiro atoms. The number of hydrogen-bond acceptors (Lipinski definition) is 5. The second kappa shape index (κ2) is 4.36. The Morgan fingerprint density at radius 2 is 2.00 bits per heavy atom. The number of aryl methyl sites for hydroxylation is 1. The molecule has 0 fully saturated rings. The summed E-state index contributed by atoms with van der Waals surface area (Å²) in [6.07, 6.45) is 0. The molecule has 3 N–H and O–H groups in total. The van der Waals surface area contributed by atoms with Gasteiger partial charge in [-0.25, -0.2) is 15.8 Å². The zero-order valence-corrected chi connectivity index (χ0v) is 10.7. The summed E-state index contributed by atoms with van der Waals surface area (Å²) >= 11 is 1.64. The zero-order chi connectivity index (χ0) is 12.5. The lowest BCUT2D eigenvalue weighted by molar-refractivity contribution is 1.19. The maximum absolute atomic E-state index is 5.54. The first-order valence-corrected chi connectivity index (χ1v) is 6.45. The minimum Gasteiger partial charge on any atom is -0.308 e. The molecule has 1 aromatic carbocycles. The minimum absolute atomic E-state index is 0.656. The molecule has 0 bridgehead atoms. The smallest absolute Gasteiger partial charge is 0.172 e. The molecule has 3 rings (SSSR count). The predicted octanol–water partition coefficient (Wildman–Crippen LogP) is 2.95. The third-order valence-corrected chi connectivity index (χ3v) is 3.82. The molecular formula is C13H12N4S. The number of anilines is 1. The highest BCUT2D eigenvalue weighted by Crippen LogP contribution is 2.29. The van der Waals surface area contributed by atoms with Gasteiger partial charge < -0.3 is 5.43 Å². The molecule has 0 unspecified atom stereocenters. The number of nitrogens with zero attached hydrogens (tertiary/aromatic N) is 2. The SMILES string of the molecule is Cc1ccsc1-c1nc(NN)c2ccccc2n1. The molecule has 0 atom stereocenters. The summed E-state index contributed by atoms with van der Waals surface area (Å²) in [5.74, 6) is 6.91. The van der Waals surface area contributed by atoms with Crippen molar-refractivity contribution < 1.29 is 0 Å². The van der Waals surface area contributed by atoms with Crippen molar-refractivity contribution in [1.29, 1.82) is 0 Å². The summed E-state index contributed by atoms with van der Waals surface area (Å²) < 4.78 is 0. The van der Waals surface area contributed by atoms with Gasteiger partial charge in [-0.2, -0.15) is 0 Å². The van der Waals surface area contributed by atoms with Gasteiger partial charge in [0.1, 0.15) is 0 Å². The normalized spacial score (nSPS) is 10.8. The number of nitrogens with two attached hydrogens (primary N) is 1. The summed E-state index contributed by atoms with van der Waals surface area (Å²) in [6, 6.07) is 9.89. The molecular weight excluding hydrogens is 244 g/mol. The number of hydrazine groups is 1. The quantitative estimate of drug-likeness (QED) is 0.546. The molecule has 0 saturated carbocycles. The van der Waals surface area contributed by atoms with Gasteiger partial charge in [0, 0.05) is 5.39 Å². The summed E-state index contributed by atoms with van der Waals surface area (Å²) in [4.78, 5) is 10.2. The fourth-order valence-electron chi connectivity index (χ4n) is 1.89. The second-order valence-corrected chi connectivity index (χ2v) is 4.91. The van der Waals surface area contributed by atoms with Gasteiger partial charge >= 0.3 is 0 Å². The van der Waals surface area contributed by atoms with Gasteiger partial charge in [-0.15, -0.1) is 11.3 Å². The molecule has 18 heavy (non-hydrogen) atoms. The van der Waals surface area contributed by atoms with Crippen LogP contribution in [0.4, 0.5) is 5.82 Å². The van der Waals surface area contributed by atoms with E-state index >= 15 is 0 Å². The summed E-state index contributed by atoms with van der Waals surface area (Å²) in [5, 5.41) is 2.97. The van der Waals surface area contributed by atoms with Crippen LogP contribution in [0, 0.1) is 6.92 Å². The number of thiophene rings is 1. The van der Waals surface area contributed by atoms with Crippen molar-refractivity contribution in [2.24, 2.45) is 5.84 Å². The van der Waals surface area contributed by atoms with Crippen LogP contribution in [-0.2, 0) is 0 Å². The third-order valence-electron chi connectivity index (χ3n) is 2.81. The Bertz CT molecular complexity index is 705. The van der Waals surface area contributed by atoms with Crippen LogP contribution in [0.25, 0.3) is 21.6 Å². The number of nitrogens with one attached hydrogen (secondary N) is 1. The number of fused-ring (bicyclic) bond motifs is 1. The van der Waals surface area contributed by atoms with E-state index in [9.17, 15) is 0 Å². The monoisotopic (exact) mass is 256 g/mol. The number of para-hydroxylation sites is 1. The molecule has 0 saturated heterocycles. The Hall–Kier alpha value is -1.98. The Kier molecular flexibility index (Phi) is 2.70. The number of benzene rings is 1. The molecule has 2 aromatic heterocycles. The molecule has 4 nitrogen and oxygen atoms in total. The summed E-state index contributed by atoms with van der Waals surface area (Å²) in [6.45, 7) is 2.06. The minimum atomic E-state index is 0.656. The van der Waals surface area contributed by atoms with E-state index < -0.39 is 0 Å². The Labute approximate surface area is 108 Å². The van der Waals surface area contributed by atoms with Crippen LogP contribution in [-0.4, -0.2) is 9.97 Å². The Balaban J connectivity index is 2.29. The van der Waals surface area contributed by atoms with Gasteiger partial charge in [-0.1, -0.05) is 12.1 Å². The topological polar surface area (TPSA) is 63.8 Å². The standard InChI is InChI=1S/C13H12N4S/c1-8-6-7-18-11(8)13-15-10-5-3-2-4-9(10)12(16-13)17-14/h2-7H,14H2,1H3,(H,15,16,17). The largest absolute Gasteiger partial charge is 0.308 e. The van der Waals surface area contributed by atoms with Gasteiger partial charge in [0.2, 0.25) is 0 Å². The molecule has 2 heterocycles. The Morgan fingerprint density at radius 3 is 2.72 bits per heavy atom. The fourth-order valence-corrected chi connectivity index (χ4v) is 2.75. The van der Waals surface area contributed by atoms with Crippen molar-refractivity contribution in [3.8, 4) is 10.7 Å². The summed E-state index contributed by atoms with van der Waals surface area (Å²) in [5.41, 5.74) is 4.72. The average molecular weight is 256 g/mol. The van der Waals surface area contributed by atoms with Crippen LogP contribution < -0.4 is 11.3 Å². The molecule has 0 aliphatic rings. The lowest BCUT2D eigenvalue weighted by Gasteiger charge is -2.07. The first-order valence-electron chi connectivity index (χ1n) is 5.57. The molecule has 0 aliphatic carbocycles. The molecule has 0 aliphatic heterocycles. The lowest BCUT2D eigenvalue weighted by Crippen LogP contribution is -2.10. The van der Waals surface area contributed by atoms with E-state index in [4.69, 9.17) is 5.84 Å². The molecule has 5 heteroatoms. The number of hydrogen-bond donors (Lipinski definition) is 2. The van der Waals surface area contributed by atoms with E-state index in [1.165, 1.54) is 5.56 Å². The first-order chi connectivity index (χ1) is 8.79. The highest BCUT2D eigenvalue weighted by atomic mass is 32.1. The average Bonchev–Trinajstić information content (AvgIpc) is 2.83. The van der Waals surface area contributed by atoms with Crippen LogP contribution >= 0.6 is 11.3 Å². The zero-order valence-electron chi connectivity index (χ0n) is 9.84. The maximum atomic E-state index is 5.54. The van der Waals surface area contributed by atoms with Crippen LogP contribution in [0.2, 0.25) is 0 Å². The fraction of sp³-hybridized carbons (Fsp3) is 0.0769. The number of aromatic nitrogens is 2. The molecule has 0 amide bonds. The van der Waals surface area contributed by atoms with Crippen LogP contribution in [0.5, 0.6) is 0 Å². The second-order valence-electron chi connectivity index (χ2n) is 3.99. The van der Waals surface area contributed by atoms with E-state index in [2.05, 4.69) is 28.4 Å². The van der Waals surface area contributed by atoms with E-state index in [0.29, 0.717) is 11.6 Å². The van der Waals surface area contributed by atoms with Crippen LogP contribution in [0.3, 0.4) is 0 Å². The Morgan fingerprint density at radius 1 is 1.17 bits per heavy atom. The lowest BCUT2D eigenvalue weighted by atomic mass is 10.2. The van der Waals surface area contributed by atoms with Crippen molar-refractivity contribution in [2.45, 2.75) is 6.92 Å². The predicted molar refractivity (Wildman–Crippen MR) is 75.4 cm³/mol. The van der Waals surface area contributed by atoms with Gasteiger partial charge in [0.15, 0.2) is 11.6 Å². The summed E-state index contributed by atoms with van der Waals surface area (Å²) in [7, 11) is 0. The number of nitrogen functional groups attached to an aromatic ring is 1. The highest BCUT2D eigenvalue weighted by Gasteiger charge is 2.11. The van der Waals surface area contributed by atoms with Crippen molar-refractivity contribution in [1.82, 2.24) is 9.97 Å². The number of rotatable bonds is 2. The van der Waals surface area contributed by atoms with E-state index in [1.54, 1.807) is 11.3 Å². The van der Waals surface area contributed by atoms with Crippen LogP contribution in [0.1, 0.15) is 5.56 Å².